The van der Waals surface area contributed by atoms with E-state index in [1.807, 2.05) is 4.90 Å². The summed E-state index contributed by atoms with van der Waals surface area (Å²) in [6, 6.07) is -0.0621. The highest BCUT2D eigenvalue weighted by atomic mass is 19.4. The summed E-state index contributed by atoms with van der Waals surface area (Å²) in [6.07, 6.45) is -4.54. The number of carbonyl (C=O) groups is 1. The van der Waals surface area contributed by atoms with Crippen LogP contribution in [0.4, 0.5) is 18.0 Å². The molecule has 1 aliphatic heterocycles. The maximum Gasteiger partial charge on any atom is 0.439 e. The molecule has 1 saturated heterocycles. The molecule has 168 valence electrons. The number of hydrogen-bond acceptors (Lipinski definition) is 5. The predicted molar refractivity (Wildman–Crippen MR) is 105 cm³/mol. The van der Waals surface area contributed by atoms with Crippen molar-refractivity contribution in [3.8, 4) is 0 Å². The van der Waals surface area contributed by atoms with Crippen molar-refractivity contribution in [2.24, 2.45) is 17.6 Å². The first-order valence-electron chi connectivity index (χ1n) is 10.2. The van der Waals surface area contributed by atoms with Crippen molar-refractivity contribution >= 4 is 11.9 Å². The minimum absolute atomic E-state index is 0.0621. The summed E-state index contributed by atoms with van der Waals surface area (Å²) >= 11 is 0. The quantitative estimate of drug-likeness (QED) is 0.370. The van der Waals surface area contributed by atoms with Crippen molar-refractivity contribution in [1.29, 1.82) is 5.41 Å². The number of rotatable bonds is 4. The first kappa shape index (κ1) is 23.7. The molecule has 4 N–H and O–H groups in total. The van der Waals surface area contributed by atoms with E-state index in [0.29, 0.717) is 32.5 Å². The Balaban J connectivity index is 1.67. The fraction of sp³-hybridized carbons (Fsp3) is 0.895. The summed E-state index contributed by atoms with van der Waals surface area (Å²) in [5.74, 6) is -0.481. The van der Waals surface area contributed by atoms with E-state index < -0.39 is 18.3 Å². The molecule has 10 heteroatoms. The molecule has 0 bridgehead atoms. The molecule has 1 saturated carbocycles. The van der Waals surface area contributed by atoms with Gasteiger partial charge in [0.25, 0.3) is 0 Å². The number of carbonyl (C=O) groups excluding carboxylic acids is 1. The molecule has 0 spiro atoms. The van der Waals surface area contributed by atoms with Crippen LogP contribution in [-0.4, -0.2) is 72.4 Å². The van der Waals surface area contributed by atoms with Crippen LogP contribution in [-0.2, 0) is 4.74 Å². The van der Waals surface area contributed by atoms with Crippen molar-refractivity contribution in [2.75, 3.05) is 32.7 Å². The van der Waals surface area contributed by atoms with Crippen molar-refractivity contribution in [1.82, 2.24) is 15.1 Å². The van der Waals surface area contributed by atoms with Crippen LogP contribution >= 0.6 is 0 Å². The highest BCUT2D eigenvalue weighted by Gasteiger charge is 2.40. The van der Waals surface area contributed by atoms with Gasteiger partial charge >= 0.3 is 12.2 Å². The van der Waals surface area contributed by atoms with Crippen LogP contribution in [0.25, 0.3) is 0 Å². The predicted octanol–water partition coefficient (Wildman–Crippen LogP) is 2.76. The van der Waals surface area contributed by atoms with Gasteiger partial charge in [-0.15, -0.1) is 0 Å². The van der Waals surface area contributed by atoms with Gasteiger partial charge in [-0.3, -0.25) is 16.0 Å². The van der Waals surface area contributed by atoms with Gasteiger partial charge in [0, 0.05) is 44.2 Å². The van der Waals surface area contributed by atoms with Crippen LogP contribution in [0, 0.1) is 17.2 Å². The van der Waals surface area contributed by atoms with Gasteiger partial charge in [0.2, 0.25) is 6.23 Å². The van der Waals surface area contributed by atoms with E-state index in [2.05, 4.69) is 35.7 Å². The summed E-state index contributed by atoms with van der Waals surface area (Å²) in [5, 5.41) is 10.7. The van der Waals surface area contributed by atoms with Gasteiger partial charge in [-0.1, -0.05) is 0 Å². The molecular weight excluding hydrogens is 387 g/mol. The molecule has 2 fully saturated rings. The second-order valence-corrected chi connectivity index (χ2v) is 8.99. The van der Waals surface area contributed by atoms with Crippen LogP contribution in [0.15, 0.2) is 0 Å². The summed E-state index contributed by atoms with van der Waals surface area (Å²) in [7, 11) is 0. The minimum Gasteiger partial charge on any atom is -0.453 e. The van der Waals surface area contributed by atoms with E-state index in [0.717, 1.165) is 25.9 Å². The van der Waals surface area contributed by atoms with Gasteiger partial charge in [-0.05, 0) is 52.4 Å². The maximum atomic E-state index is 12.5. The standard InChI is InChI=1S/C19H34F3N5O2/c1-18(2,3)27-10-8-26(9-11-27)17(28)25-12-13-4-6-14(7-5-13)15(23)29-16(24)19(20,21)22/h13-14,16,23H,4-12,24H2,1-3H3,(H,25,28). The van der Waals surface area contributed by atoms with Gasteiger partial charge < -0.3 is 15.0 Å². The number of nitrogens with zero attached hydrogens (tertiary/aromatic N) is 2. The Labute approximate surface area is 170 Å². The van der Waals surface area contributed by atoms with E-state index >= 15 is 0 Å². The highest BCUT2D eigenvalue weighted by molar-refractivity contribution is 5.76. The molecule has 0 radical (unpaired) electrons. The van der Waals surface area contributed by atoms with E-state index in [9.17, 15) is 18.0 Å². The molecule has 2 amide bonds. The minimum atomic E-state index is -4.67. The third-order valence-corrected chi connectivity index (χ3v) is 5.85. The largest absolute Gasteiger partial charge is 0.453 e. The van der Waals surface area contributed by atoms with Crippen molar-refractivity contribution < 1.29 is 22.7 Å². The number of amides is 2. The molecule has 29 heavy (non-hydrogen) atoms. The average molecular weight is 422 g/mol. The van der Waals surface area contributed by atoms with Gasteiger partial charge in [0.1, 0.15) is 0 Å². The zero-order chi connectivity index (χ0) is 21.8. The zero-order valence-electron chi connectivity index (χ0n) is 17.5. The topological polar surface area (TPSA) is 94.7 Å². The normalized spacial score (nSPS) is 25.4. The molecule has 1 heterocycles. The van der Waals surface area contributed by atoms with E-state index in [1.165, 1.54) is 0 Å². The van der Waals surface area contributed by atoms with E-state index in [4.69, 9.17) is 11.1 Å². The molecule has 1 aliphatic carbocycles. The van der Waals surface area contributed by atoms with Crippen LogP contribution in [0.5, 0.6) is 0 Å². The zero-order valence-corrected chi connectivity index (χ0v) is 17.5. The lowest BCUT2D eigenvalue weighted by atomic mass is 9.82. The van der Waals surface area contributed by atoms with Gasteiger partial charge in [0.15, 0.2) is 5.90 Å². The van der Waals surface area contributed by atoms with Crippen molar-refractivity contribution in [3.05, 3.63) is 0 Å². The molecule has 1 atom stereocenters. The molecule has 0 aromatic carbocycles. The molecule has 1 unspecified atom stereocenters. The van der Waals surface area contributed by atoms with E-state index in [1.54, 1.807) is 0 Å². The third kappa shape index (κ3) is 7.02. The summed E-state index contributed by atoms with van der Waals surface area (Å²) < 4.78 is 41.9. The number of alkyl halides is 3. The van der Waals surface area contributed by atoms with Crippen LogP contribution < -0.4 is 11.1 Å². The first-order valence-corrected chi connectivity index (χ1v) is 10.2. The number of hydrogen-bond donors (Lipinski definition) is 3. The average Bonchev–Trinajstić information content (AvgIpc) is 2.65. The smallest absolute Gasteiger partial charge is 0.439 e. The fourth-order valence-corrected chi connectivity index (χ4v) is 3.85. The second kappa shape index (κ2) is 9.51. The Morgan fingerprint density at radius 3 is 2.17 bits per heavy atom. The summed E-state index contributed by atoms with van der Waals surface area (Å²) in [4.78, 5) is 16.6. The first-order chi connectivity index (χ1) is 13.4. The van der Waals surface area contributed by atoms with E-state index in [-0.39, 0.29) is 23.4 Å². The molecule has 7 nitrogen and oxygen atoms in total. The molecule has 0 aromatic rings. The number of ether oxygens (including phenoxy) is 1. The van der Waals surface area contributed by atoms with Crippen LogP contribution in [0.1, 0.15) is 46.5 Å². The van der Waals surface area contributed by atoms with Crippen LogP contribution in [0.2, 0.25) is 0 Å². The monoisotopic (exact) mass is 421 g/mol. The number of urea groups is 1. The molecule has 2 rings (SSSR count). The Bertz CT molecular complexity index is 563. The van der Waals surface area contributed by atoms with Gasteiger partial charge in [0.05, 0.1) is 0 Å². The Hall–Kier alpha value is -1.55. The Kier molecular flexibility index (Phi) is 7.78. The van der Waals surface area contributed by atoms with Crippen molar-refractivity contribution in [3.63, 3.8) is 0 Å². The summed E-state index contributed by atoms with van der Waals surface area (Å²) in [5.41, 5.74) is 5.03. The van der Waals surface area contributed by atoms with Gasteiger partial charge in [-0.2, -0.15) is 13.2 Å². The van der Waals surface area contributed by atoms with Gasteiger partial charge in [-0.25, -0.2) is 4.79 Å². The number of nitrogens with one attached hydrogen (secondary N) is 2. The highest BCUT2D eigenvalue weighted by Crippen LogP contribution is 2.30. The molecule has 0 aromatic heterocycles. The van der Waals surface area contributed by atoms with Crippen LogP contribution in [0.3, 0.4) is 0 Å². The number of nitrogens with two attached hydrogens (primary N) is 1. The lowest BCUT2D eigenvalue weighted by molar-refractivity contribution is -0.198. The van der Waals surface area contributed by atoms with Crippen molar-refractivity contribution in [2.45, 2.75) is 64.4 Å². The maximum absolute atomic E-state index is 12.5. The lowest BCUT2D eigenvalue weighted by Crippen LogP contribution is -2.56. The second-order valence-electron chi connectivity index (χ2n) is 8.99. The summed E-state index contributed by atoms with van der Waals surface area (Å²) in [6.45, 7) is 10.1. The third-order valence-electron chi connectivity index (χ3n) is 5.85. The SMILES string of the molecule is CC(C)(C)N1CCN(C(=O)NCC2CCC(C(=N)OC(N)C(F)(F)F)CC2)CC1. The number of halogens is 3. The Morgan fingerprint density at radius 1 is 1.14 bits per heavy atom. The number of piperazine rings is 1. The lowest BCUT2D eigenvalue weighted by Gasteiger charge is -2.42. The molecular formula is C19H34F3N5O2. The fourth-order valence-electron chi connectivity index (χ4n) is 3.85. The Morgan fingerprint density at radius 2 is 1.69 bits per heavy atom. The molecule has 2 aliphatic rings.